The van der Waals surface area contributed by atoms with Crippen LogP contribution in [0.2, 0.25) is 5.02 Å². The van der Waals surface area contributed by atoms with E-state index in [4.69, 9.17) is 16.3 Å². The third kappa shape index (κ3) is 3.32. The highest BCUT2D eigenvalue weighted by molar-refractivity contribution is 6.31. The van der Waals surface area contributed by atoms with E-state index in [2.05, 4.69) is 23.8 Å². The second kappa shape index (κ2) is 5.67. The molecule has 1 fully saturated rings. The lowest BCUT2D eigenvalue weighted by atomic mass is 9.98. The Morgan fingerprint density at radius 2 is 2.00 bits per heavy atom. The first-order chi connectivity index (χ1) is 8.16. The highest BCUT2D eigenvalue weighted by Crippen LogP contribution is 2.25. The Morgan fingerprint density at radius 3 is 2.65 bits per heavy atom. The van der Waals surface area contributed by atoms with E-state index in [0.29, 0.717) is 17.0 Å². The molecule has 1 aromatic rings. The lowest BCUT2D eigenvalue weighted by Crippen LogP contribution is -2.21. The monoisotopic (exact) mass is 254 g/mol. The molecule has 0 bridgehead atoms. The minimum Gasteiger partial charge on any atom is -0.460 e. The maximum atomic E-state index is 6.05. The van der Waals surface area contributed by atoms with Crippen molar-refractivity contribution in [1.82, 2.24) is 9.97 Å². The molecule has 0 N–H and O–H groups in total. The molecule has 0 spiro atoms. The molecule has 0 atom stereocenters. The summed E-state index contributed by atoms with van der Waals surface area (Å²) < 4.78 is 5.82. The average Bonchev–Trinajstić information content (AvgIpc) is 2.32. The Kier molecular flexibility index (Phi) is 4.21. The lowest BCUT2D eigenvalue weighted by molar-refractivity contribution is 0.141. The molecule has 1 saturated carbocycles. The fourth-order valence-electron chi connectivity index (χ4n) is 2.16. The van der Waals surface area contributed by atoms with E-state index in [-0.39, 0.29) is 6.10 Å². The third-order valence-electron chi connectivity index (χ3n) is 3.12. The van der Waals surface area contributed by atoms with Gasteiger partial charge < -0.3 is 4.74 Å². The summed E-state index contributed by atoms with van der Waals surface area (Å²) in [5.74, 6) is 0.291. The summed E-state index contributed by atoms with van der Waals surface area (Å²) in [6.07, 6.45) is 7.96. The molecule has 0 radical (unpaired) electrons. The molecule has 3 nitrogen and oxygen atoms in total. The zero-order valence-corrected chi connectivity index (χ0v) is 11.2. The fraction of sp³-hybridized carbons (Fsp3) is 0.692. The summed E-state index contributed by atoms with van der Waals surface area (Å²) >= 11 is 6.05. The van der Waals surface area contributed by atoms with Crippen LogP contribution < -0.4 is 4.74 Å². The first-order valence-corrected chi connectivity index (χ1v) is 6.73. The van der Waals surface area contributed by atoms with Crippen molar-refractivity contribution in [3.8, 4) is 6.01 Å². The van der Waals surface area contributed by atoms with E-state index < -0.39 is 0 Å². The van der Waals surface area contributed by atoms with Crippen LogP contribution in [0, 0.1) is 0 Å². The van der Waals surface area contributed by atoms with E-state index in [1.807, 2.05) is 0 Å². The molecule has 94 valence electrons. The summed E-state index contributed by atoms with van der Waals surface area (Å²) in [7, 11) is 0. The van der Waals surface area contributed by atoms with Crippen LogP contribution in [0.1, 0.15) is 57.6 Å². The quantitative estimate of drug-likeness (QED) is 0.819. The van der Waals surface area contributed by atoms with Crippen LogP contribution in [0.5, 0.6) is 6.01 Å². The summed E-state index contributed by atoms with van der Waals surface area (Å²) in [6, 6.07) is 0.477. The minimum absolute atomic E-state index is 0.282. The molecule has 0 amide bonds. The highest BCUT2D eigenvalue weighted by atomic mass is 35.5. The van der Waals surface area contributed by atoms with Gasteiger partial charge in [0, 0.05) is 0 Å². The molecule has 0 aliphatic heterocycles. The molecule has 1 aliphatic carbocycles. The van der Waals surface area contributed by atoms with Crippen molar-refractivity contribution in [1.29, 1.82) is 0 Å². The lowest BCUT2D eigenvalue weighted by Gasteiger charge is -2.22. The topological polar surface area (TPSA) is 35.0 Å². The highest BCUT2D eigenvalue weighted by Gasteiger charge is 2.17. The van der Waals surface area contributed by atoms with E-state index >= 15 is 0 Å². The Morgan fingerprint density at radius 1 is 1.29 bits per heavy atom. The van der Waals surface area contributed by atoms with Gasteiger partial charge in [-0.05, 0) is 31.6 Å². The molecular weight excluding hydrogens is 236 g/mol. The molecular formula is C13H19ClN2O. The van der Waals surface area contributed by atoms with Gasteiger partial charge in [0.05, 0.1) is 16.9 Å². The van der Waals surface area contributed by atoms with Crippen LogP contribution in [-0.2, 0) is 0 Å². The summed E-state index contributed by atoms with van der Waals surface area (Å²) in [5, 5.41) is 0.621. The molecule has 1 aromatic heterocycles. The van der Waals surface area contributed by atoms with Gasteiger partial charge in [0.1, 0.15) is 6.10 Å². The van der Waals surface area contributed by atoms with Gasteiger partial charge in [-0.2, -0.15) is 4.98 Å². The summed E-state index contributed by atoms with van der Waals surface area (Å²) in [6.45, 7) is 4.14. The molecule has 0 aromatic carbocycles. The third-order valence-corrected chi connectivity index (χ3v) is 3.41. The maximum Gasteiger partial charge on any atom is 0.316 e. The second-order valence-electron chi connectivity index (χ2n) is 4.92. The molecule has 0 unspecified atom stereocenters. The zero-order valence-electron chi connectivity index (χ0n) is 10.4. The van der Waals surface area contributed by atoms with Crippen molar-refractivity contribution >= 4 is 11.6 Å². The Bertz CT molecular complexity index is 376. The van der Waals surface area contributed by atoms with Crippen LogP contribution >= 0.6 is 11.6 Å². The second-order valence-corrected chi connectivity index (χ2v) is 5.33. The van der Waals surface area contributed by atoms with E-state index in [9.17, 15) is 0 Å². The average molecular weight is 255 g/mol. The predicted octanol–water partition coefficient (Wildman–Crippen LogP) is 3.96. The van der Waals surface area contributed by atoms with Crippen LogP contribution in [0.3, 0.4) is 0 Å². The predicted molar refractivity (Wildman–Crippen MR) is 68.6 cm³/mol. The summed E-state index contributed by atoms with van der Waals surface area (Å²) in [4.78, 5) is 8.55. The van der Waals surface area contributed by atoms with Gasteiger partial charge in [0.2, 0.25) is 0 Å². The van der Waals surface area contributed by atoms with Gasteiger partial charge >= 0.3 is 6.01 Å². The molecule has 4 heteroatoms. The smallest absolute Gasteiger partial charge is 0.316 e. The van der Waals surface area contributed by atoms with Crippen LogP contribution in [-0.4, -0.2) is 16.1 Å². The van der Waals surface area contributed by atoms with Gasteiger partial charge in [0.15, 0.2) is 0 Å². The fourth-order valence-corrected chi connectivity index (χ4v) is 2.47. The van der Waals surface area contributed by atoms with E-state index in [1.54, 1.807) is 6.20 Å². The van der Waals surface area contributed by atoms with Crippen LogP contribution in [0.15, 0.2) is 6.20 Å². The Balaban J connectivity index is 2.07. The Labute approximate surface area is 108 Å². The SMILES string of the molecule is CC(C)c1nc(OC2CCCCC2)ncc1Cl. The van der Waals surface area contributed by atoms with E-state index in [0.717, 1.165) is 18.5 Å². The van der Waals surface area contributed by atoms with Gasteiger partial charge in [-0.3, -0.25) is 0 Å². The first-order valence-electron chi connectivity index (χ1n) is 6.36. The number of ether oxygens (including phenoxy) is 1. The largest absolute Gasteiger partial charge is 0.460 e. The molecule has 17 heavy (non-hydrogen) atoms. The molecule has 2 rings (SSSR count). The van der Waals surface area contributed by atoms with Gasteiger partial charge in [-0.15, -0.1) is 0 Å². The van der Waals surface area contributed by atoms with E-state index in [1.165, 1.54) is 19.3 Å². The van der Waals surface area contributed by atoms with Crippen molar-refractivity contribution in [2.24, 2.45) is 0 Å². The number of nitrogens with zero attached hydrogens (tertiary/aromatic N) is 2. The first kappa shape index (κ1) is 12.6. The standard InChI is InChI=1S/C13H19ClN2O/c1-9(2)12-11(14)8-15-13(16-12)17-10-6-4-3-5-7-10/h8-10H,3-7H2,1-2H3. The Hall–Kier alpha value is -0.830. The number of hydrogen-bond donors (Lipinski definition) is 0. The molecule has 1 aliphatic rings. The van der Waals surface area contributed by atoms with Crippen molar-refractivity contribution in [2.45, 2.75) is 58.0 Å². The van der Waals surface area contributed by atoms with Crippen molar-refractivity contribution < 1.29 is 4.74 Å². The van der Waals surface area contributed by atoms with Crippen molar-refractivity contribution in [3.63, 3.8) is 0 Å². The number of rotatable bonds is 3. The van der Waals surface area contributed by atoms with Crippen LogP contribution in [0.25, 0.3) is 0 Å². The summed E-state index contributed by atoms with van der Waals surface area (Å²) in [5.41, 5.74) is 0.868. The minimum atomic E-state index is 0.282. The van der Waals surface area contributed by atoms with Gasteiger partial charge in [0.25, 0.3) is 0 Å². The molecule has 0 saturated heterocycles. The molecule has 1 heterocycles. The number of aromatic nitrogens is 2. The normalized spacial score (nSPS) is 17.4. The van der Waals surface area contributed by atoms with Crippen molar-refractivity contribution in [2.75, 3.05) is 0 Å². The van der Waals surface area contributed by atoms with Gasteiger partial charge in [-0.1, -0.05) is 31.9 Å². The zero-order chi connectivity index (χ0) is 12.3. The van der Waals surface area contributed by atoms with Crippen molar-refractivity contribution in [3.05, 3.63) is 16.9 Å². The maximum absolute atomic E-state index is 6.05. The number of halogens is 1. The van der Waals surface area contributed by atoms with Gasteiger partial charge in [-0.25, -0.2) is 4.98 Å². The number of hydrogen-bond acceptors (Lipinski definition) is 3. The van der Waals surface area contributed by atoms with Crippen LogP contribution in [0.4, 0.5) is 0 Å².